The van der Waals surface area contributed by atoms with Crippen molar-refractivity contribution in [1.82, 2.24) is 4.98 Å². The van der Waals surface area contributed by atoms with Crippen LogP contribution in [0.2, 0.25) is 0 Å². The minimum atomic E-state index is -0.152. The molecule has 21 heavy (non-hydrogen) atoms. The van der Waals surface area contributed by atoms with Crippen molar-refractivity contribution in [3.05, 3.63) is 48.7 Å². The lowest BCUT2D eigenvalue weighted by Gasteiger charge is -2.13. The molecule has 1 amide bonds. The molecule has 0 saturated carbocycles. The highest BCUT2D eigenvalue weighted by atomic mass is 16.5. The molecular weight excluding hydrogens is 266 g/mol. The number of pyridine rings is 1. The molecule has 1 aromatic heterocycles. The first-order valence-electron chi connectivity index (χ1n) is 6.85. The number of carbonyl (C=O) groups is 1. The van der Waals surface area contributed by atoms with Gasteiger partial charge in [-0.25, -0.2) is 4.98 Å². The van der Waals surface area contributed by atoms with Gasteiger partial charge in [-0.15, -0.1) is 0 Å². The van der Waals surface area contributed by atoms with Gasteiger partial charge in [-0.3, -0.25) is 4.79 Å². The summed E-state index contributed by atoms with van der Waals surface area (Å²) >= 11 is 0. The Hall–Kier alpha value is -2.56. The van der Waals surface area contributed by atoms with Crippen molar-refractivity contribution >= 4 is 17.3 Å². The molecule has 5 nitrogen and oxygen atoms in total. The molecule has 2 rings (SSSR count). The zero-order chi connectivity index (χ0) is 15.1. The maximum atomic E-state index is 12.0. The number of para-hydroxylation sites is 1. The summed E-state index contributed by atoms with van der Waals surface area (Å²) in [6.45, 7) is 4.01. The van der Waals surface area contributed by atoms with Gasteiger partial charge in [0.05, 0.1) is 12.6 Å². The van der Waals surface area contributed by atoms with E-state index in [2.05, 4.69) is 15.6 Å². The third-order valence-electron chi connectivity index (χ3n) is 2.62. The second kappa shape index (κ2) is 7.28. The molecule has 0 aliphatic carbocycles. The minimum Gasteiger partial charge on any atom is -0.473 e. The fourth-order valence-electron chi connectivity index (χ4n) is 1.74. The molecule has 0 radical (unpaired) electrons. The Bertz CT molecular complexity index is 585. The molecule has 0 aliphatic rings. The summed E-state index contributed by atoms with van der Waals surface area (Å²) in [7, 11) is 0. The first kappa shape index (κ1) is 14.8. The Morgan fingerprint density at radius 2 is 1.95 bits per heavy atom. The standard InChI is InChI=1S/C16H19N3O2/c1-12(2)21-16-14(9-6-10-17-16)19-15(20)11-18-13-7-4-3-5-8-13/h3-10,12,18H,11H2,1-2H3,(H,19,20). The van der Waals surface area contributed by atoms with Gasteiger partial charge in [-0.05, 0) is 38.1 Å². The molecule has 110 valence electrons. The van der Waals surface area contributed by atoms with E-state index in [1.165, 1.54) is 0 Å². The van der Waals surface area contributed by atoms with Gasteiger partial charge in [0.1, 0.15) is 5.69 Å². The molecule has 0 fully saturated rings. The second-order valence-corrected chi connectivity index (χ2v) is 4.79. The second-order valence-electron chi connectivity index (χ2n) is 4.79. The van der Waals surface area contributed by atoms with Crippen molar-refractivity contribution in [3.63, 3.8) is 0 Å². The Kier molecular flexibility index (Phi) is 5.15. The summed E-state index contributed by atoms with van der Waals surface area (Å²) in [5, 5.41) is 5.85. The predicted molar refractivity (Wildman–Crippen MR) is 83.6 cm³/mol. The van der Waals surface area contributed by atoms with E-state index in [9.17, 15) is 4.79 Å². The first-order valence-corrected chi connectivity index (χ1v) is 6.85. The number of ether oxygens (including phenoxy) is 1. The maximum absolute atomic E-state index is 12.0. The zero-order valence-corrected chi connectivity index (χ0v) is 12.2. The lowest BCUT2D eigenvalue weighted by molar-refractivity contribution is -0.114. The Morgan fingerprint density at radius 1 is 1.19 bits per heavy atom. The number of aromatic nitrogens is 1. The van der Waals surface area contributed by atoms with E-state index in [-0.39, 0.29) is 18.6 Å². The molecule has 2 N–H and O–H groups in total. The van der Waals surface area contributed by atoms with Crippen molar-refractivity contribution in [2.45, 2.75) is 20.0 Å². The molecule has 0 bridgehead atoms. The van der Waals surface area contributed by atoms with E-state index in [0.29, 0.717) is 11.6 Å². The van der Waals surface area contributed by atoms with Crippen LogP contribution in [0.25, 0.3) is 0 Å². The largest absolute Gasteiger partial charge is 0.473 e. The monoisotopic (exact) mass is 285 g/mol. The van der Waals surface area contributed by atoms with E-state index in [1.807, 2.05) is 44.2 Å². The summed E-state index contributed by atoms with van der Waals surface area (Å²) in [5.41, 5.74) is 1.48. The lowest BCUT2D eigenvalue weighted by Crippen LogP contribution is -2.22. The normalized spacial score (nSPS) is 10.2. The highest BCUT2D eigenvalue weighted by Gasteiger charge is 2.09. The topological polar surface area (TPSA) is 63.2 Å². The number of nitrogens with one attached hydrogen (secondary N) is 2. The molecule has 0 unspecified atom stereocenters. The Balaban J connectivity index is 1.93. The third-order valence-corrected chi connectivity index (χ3v) is 2.62. The molecule has 0 aliphatic heterocycles. The van der Waals surface area contributed by atoms with E-state index >= 15 is 0 Å². The Morgan fingerprint density at radius 3 is 2.67 bits per heavy atom. The highest BCUT2D eigenvalue weighted by Crippen LogP contribution is 2.21. The van der Waals surface area contributed by atoms with Gasteiger partial charge in [-0.2, -0.15) is 0 Å². The summed E-state index contributed by atoms with van der Waals surface area (Å²) in [5.74, 6) is 0.279. The van der Waals surface area contributed by atoms with Crippen LogP contribution in [0.3, 0.4) is 0 Å². The smallest absolute Gasteiger partial charge is 0.243 e. The number of rotatable bonds is 6. The lowest BCUT2D eigenvalue weighted by atomic mass is 10.3. The summed E-state index contributed by atoms with van der Waals surface area (Å²) < 4.78 is 5.56. The molecule has 0 spiro atoms. The molecule has 0 saturated heterocycles. The fourth-order valence-corrected chi connectivity index (χ4v) is 1.74. The van der Waals surface area contributed by atoms with E-state index < -0.39 is 0 Å². The van der Waals surface area contributed by atoms with Crippen molar-refractivity contribution in [2.75, 3.05) is 17.2 Å². The average Bonchev–Trinajstić information content (AvgIpc) is 2.48. The van der Waals surface area contributed by atoms with Gasteiger partial charge in [0.15, 0.2) is 0 Å². The molecular formula is C16H19N3O2. The van der Waals surface area contributed by atoms with Crippen LogP contribution < -0.4 is 15.4 Å². The van der Waals surface area contributed by atoms with Crippen molar-refractivity contribution < 1.29 is 9.53 Å². The summed E-state index contributed by atoms with van der Waals surface area (Å²) in [4.78, 5) is 16.1. The van der Waals surface area contributed by atoms with Crippen LogP contribution in [0.15, 0.2) is 48.7 Å². The molecule has 1 heterocycles. The number of hydrogen-bond acceptors (Lipinski definition) is 4. The van der Waals surface area contributed by atoms with Gasteiger partial charge in [0, 0.05) is 11.9 Å². The molecule has 1 aromatic carbocycles. The van der Waals surface area contributed by atoms with E-state index in [0.717, 1.165) is 5.69 Å². The number of anilines is 2. The minimum absolute atomic E-state index is 0.00186. The van der Waals surface area contributed by atoms with Gasteiger partial charge in [0.2, 0.25) is 11.8 Å². The van der Waals surface area contributed by atoms with E-state index in [4.69, 9.17) is 4.74 Å². The fraction of sp³-hybridized carbons (Fsp3) is 0.250. The zero-order valence-electron chi connectivity index (χ0n) is 12.2. The quantitative estimate of drug-likeness (QED) is 0.856. The van der Waals surface area contributed by atoms with E-state index in [1.54, 1.807) is 18.3 Å². The van der Waals surface area contributed by atoms with Crippen molar-refractivity contribution in [2.24, 2.45) is 0 Å². The maximum Gasteiger partial charge on any atom is 0.243 e. The van der Waals surface area contributed by atoms with Crippen LogP contribution in [0.4, 0.5) is 11.4 Å². The van der Waals surface area contributed by atoms with Crippen LogP contribution in [0.5, 0.6) is 5.88 Å². The van der Waals surface area contributed by atoms with Crippen LogP contribution in [0.1, 0.15) is 13.8 Å². The van der Waals surface area contributed by atoms with Crippen LogP contribution in [-0.2, 0) is 4.79 Å². The number of nitrogens with zero attached hydrogens (tertiary/aromatic N) is 1. The molecule has 5 heteroatoms. The number of amides is 1. The summed E-state index contributed by atoms with van der Waals surface area (Å²) in [6.07, 6.45) is 1.63. The molecule has 2 aromatic rings. The SMILES string of the molecule is CC(C)Oc1ncccc1NC(=O)CNc1ccccc1. The molecule has 0 atom stereocenters. The number of carbonyl (C=O) groups excluding carboxylic acids is 1. The third kappa shape index (κ3) is 4.80. The first-order chi connectivity index (χ1) is 10.1. The average molecular weight is 285 g/mol. The van der Waals surface area contributed by atoms with Crippen LogP contribution >= 0.6 is 0 Å². The number of hydrogen-bond donors (Lipinski definition) is 2. The van der Waals surface area contributed by atoms with Crippen molar-refractivity contribution in [1.29, 1.82) is 0 Å². The van der Waals surface area contributed by atoms with Gasteiger partial charge in [0.25, 0.3) is 0 Å². The van der Waals surface area contributed by atoms with Gasteiger partial charge < -0.3 is 15.4 Å². The van der Waals surface area contributed by atoms with Crippen molar-refractivity contribution in [3.8, 4) is 5.88 Å². The summed E-state index contributed by atoms with van der Waals surface area (Å²) in [6, 6.07) is 13.1. The predicted octanol–water partition coefficient (Wildman–Crippen LogP) is 2.92. The van der Waals surface area contributed by atoms with Crippen LogP contribution in [-0.4, -0.2) is 23.5 Å². The van der Waals surface area contributed by atoms with Crippen LogP contribution in [0, 0.1) is 0 Å². The van der Waals surface area contributed by atoms with Gasteiger partial charge >= 0.3 is 0 Å². The van der Waals surface area contributed by atoms with Gasteiger partial charge in [-0.1, -0.05) is 18.2 Å². The highest BCUT2D eigenvalue weighted by molar-refractivity contribution is 5.94. The Labute approximate surface area is 124 Å². The number of benzene rings is 1.